The maximum absolute atomic E-state index is 12.4. The number of hydrogen-bond donors (Lipinski definition) is 3. The van der Waals surface area contributed by atoms with Crippen LogP contribution >= 0.6 is 0 Å². The van der Waals surface area contributed by atoms with Crippen LogP contribution in [0.5, 0.6) is 0 Å². The van der Waals surface area contributed by atoms with E-state index in [-0.39, 0.29) is 13.0 Å². The summed E-state index contributed by atoms with van der Waals surface area (Å²) in [6, 6.07) is 16.6. The molecule has 0 radical (unpaired) electrons. The Balaban J connectivity index is 2.03. The molecule has 2 aromatic carbocycles. The van der Waals surface area contributed by atoms with Crippen molar-refractivity contribution in [3.05, 3.63) is 71.8 Å². The van der Waals surface area contributed by atoms with E-state index in [1.54, 1.807) is 0 Å². The lowest BCUT2D eigenvalue weighted by molar-refractivity contribution is -0.149. The summed E-state index contributed by atoms with van der Waals surface area (Å²) in [5.41, 5.74) is 7.24. The number of esters is 1. The SMILES string of the molecule is N[C@@H](CO)C(=O)N[C@@H](Cc1ccccc1)C(=O)OCc1ccccc1. The van der Waals surface area contributed by atoms with Gasteiger partial charge in [0.25, 0.3) is 0 Å². The highest BCUT2D eigenvalue weighted by Gasteiger charge is 2.25. The van der Waals surface area contributed by atoms with Gasteiger partial charge in [-0.2, -0.15) is 0 Å². The van der Waals surface area contributed by atoms with Crippen molar-refractivity contribution in [3.8, 4) is 0 Å². The largest absolute Gasteiger partial charge is 0.459 e. The van der Waals surface area contributed by atoms with Crippen molar-refractivity contribution in [2.24, 2.45) is 5.73 Å². The second-order valence-corrected chi connectivity index (χ2v) is 5.63. The summed E-state index contributed by atoms with van der Waals surface area (Å²) in [5.74, 6) is -1.15. The van der Waals surface area contributed by atoms with Crippen LogP contribution in [0.4, 0.5) is 0 Å². The summed E-state index contributed by atoms with van der Waals surface area (Å²) in [4.78, 5) is 24.4. The van der Waals surface area contributed by atoms with E-state index in [0.29, 0.717) is 0 Å². The molecular formula is C19H22N2O4. The van der Waals surface area contributed by atoms with Gasteiger partial charge >= 0.3 is 5.97 Å². The van der Waals surface area contributed by atoms with E-state index >= 15 is 0 Å². The minimum atomic E-state index is -1.08. The van der Waals surface area contributed by atoms with Crippen LogP contribution in [-0.2, 0) is 27.4 Å². The number of ether oxygens (including phenoxy) is 1. The summed E-state index contributed by atoms with van der Waals surface area (Å²) in [7, 11) is 0. The van der Waals surface area contributed by atoms with Crippen molar-refractivity contribution < 1.29 is 19.4 Å². The van der Waals surface area contributed by atoms with Gasteiger partial charge in [-0.1, -0.05) is 60.7 Å². The Morgan fingerprint density at radius 2 is 1.56 bits per heavy atom. The van der Waals surface area contributed by atoms with Crippen molar-refractivity contribution in [2.45, 2.75) is 25.1 Å². The van der Waals surface area contributed by atoms with Crippen LogP contribution in [0, 0.1) is 0 Å². The third-order valence-electron chi connectivity index (χ3n) is 3.64. The molecule has 0 saturated carbocycles. The smallest absolute Gasteiger partial charge is 0.329 e. The Bertz CT molecular complexity index is 676. The molecule has 2 rings (SSSR count). The molecule has 0 heterocycles. The number of benzene rings is 2. The van der Waals surface area contributed by atoms with Gasteiger partial charge in [0.15, 0.2) is 0 Å². The predicted molar refractivity (Wildman–Crippen MR) is 93.4 cm³/mol. The first-order valence-corrected chi connectivity index (χ1v) is 8.01. The van der Waals surface area contributed by atoms with Crippen LogP contribution in [0.15, 0.2) is 60.7 Å². The van der Waals surface area contributed by atoms with E-state index in [0.717, 1.165) is 11.1 Å². The van der Waals surface area contributed by atoms with E-state index in [1.807, 2.05) is 60.7 Å². The lowest BCUT2D eigenvalue weighted by atomic mass is 10.1. The average molecular weight is 342 g/mol. The number of nitrogens with one attached hydrogen (secondary N) is 1. The molecule has 2 atom stereocenters. The van der Waals surface area contributed by atoms with E-state index < -0.39 is 30.6 Å². The highest BCUT2D eigenvalue weighted by atomic mass is 16.5. The van der Waals surface area contributed by atoms with Crippen LogP contribution in [0.25, 0.3) is 0 Å². The van der Waals surface area contributed by atoms with Gasteiger partial charge in [-0.15, -0.1) is 0 Å². The van der Waals surface area contributed by atoms with Crippen molar-refractivity contribution in [3.63, 3.8) is 0 Å². The maximum Gasteiger partial charge on any atom is 0.329 e. The molecule has 0 saturated heterocycles. The number of aliphatic hydroxyl groups is 1. The fourth-order valence-corrected chi connectivity index (χ4v) is 2.23. The summed E-state index contributed by atoms with van der Waals surface area (Å²) < 4.78 is 5.32. The first-order valence-electron chi connectivity index (χ1n) is 8.01. The molecule has 0 unspecified atom stereocenters. The molecule has 0 aliphatic heterocycles. The zero-order valence-electron chi connectivity index (χ0n) is 13.8. The van der Waals surface area contributed by atoms with E-state index in [1.165, 1.54) is 0 Å². The van der Waals surface area contributed by atoms with Gasteiger partial charge in [0.05, 0.1) is 6.61 Å². The first-order chi connectivity index (χ1) is 12.1. The Morgan fingerprint density at radius 3 is 2.12 bits per heavy atom. The molecule has 6 heteroatoms. The van der Waals surface area contributed by atoms with Gasteiger partial charge in [-0.3, -0.25) is 4.79 Å². The molecule has 1 amide bonds. The van der Waals surface area contributed by atoms with Crippen LogP contribution in [-0.4, -0.2) is 35.7 Å². The second kappa shape index (κ2) is 9.56. The maximum atomic E-state index is 12.4. The third kappa shape index (κ3) is 6.02. The van der Waals surface area contributed by atoms with Gasteiger partial charge in [-0.05, 0) is 11.1 Å². The topological polar surface area (TPSA) is 102 Å². The molecule has 0 aromatic heterocycles. The Hall–Kier alpha value is -2.70. The number of carbonyl (C=O) groups is 2. The van der Waals surface area contributed by atoms with Crippen LogP contribution < -0.4 is 11.1 Å². The third-order valence-corrected chi connectivity index (χ3v) is 3.64. The highest BCUT2D eigenvalue weighted by molar-refractivity contribution is 5.87. The van der Waals surface area contributed by atoms with Gasteiger partial charge < -0.3 is 20.9 Å². The molecule has 0 fully saturated rings. The Morgan fingerprint density at radius 1 is 1.00 bits per heavy atom. The van der Waals surface area contributed by atoms with Gasteiger partial charge in [0.1, 0.15) is 18.7 Å². The standard InChI is InChI=1S/C19H22N2O4/c20-16(12-22)18(23)21-17(11-14-7-3-1-4-8-14)19(24)25-13-15-9-5-2-6-10-15/h1-10,16-17,22H,11-13,20H2,(H,21,23)/t16-,17-/m0/s1. The van der Waals surface area contributed by atoms with Crippen LogP contribution in [0.2, 0.25) is 0 Å². The van der Waals surface area contributed by atoms with E-state index in [4.69, 9.17) is 15.6 Å². The van der Waals surface area contributed by atoms with Gasteiger partial charge in [0, 0.05) is 6.42 Å². The van der Waals surface area contributed by atoms with Crippen LogP contribution in [0.3, 0.4) is 0 Å². The average Bonchev–Trinajstić information content (AvgIpc) is 2.66. The number of aliphatic hydroxyl groups excluding tert-OH is 1. The summed E-state index contributed by atoms with van der Waals surface area (Å²) in [6.07, 6.45) is 0.276. The minimum Gasteiger partial charge on any atom is -0.459 e. The molecule has 0 bridgehead atoms. The molecule has 0 spiro atoms. The number of hydrogen-bond acceptors (Lipinski definition) is 5. The number of rotatable bonds is 8. The minimum absolute atomic E-state index is 0.118. The number of amides is 1. The monoisotopic (exact) mass is 342 g/mol. The Labute approximate surface area is 146 Å². The van der Waals surface area contributed by atoms with E-state index in [2.05, 4.69) is 5.32 Å². The first kappa shape index (κ1) is 18.6. The summed E-state index contributed by atoms with van der Waals surface area (Å²) in [5, 5.41) is 11.6. The molecule has 0 aliphatic rings. The molecule has 4 N–H and O–H groups in total. The van der Waals surface area contributed by atoms with Gasteiger partial charge in [0.2, 0.25) is 5.91 Å². The fraction of sp³-hybridized carbons (Fsp3) is 0.263. The predicted octanol–water partition coefficient (Wildman–Crippen LogP) is 0.777. The molecule has 25 heavy (non-hydrogen) atoms. The van der Waals surface area contributed by atoms with E-state index in [9.17, 15) is 9.59 Å². The number of nitrogens with two attached hydrogens (primary N) is 1. The lowest BCUT2D eigenvalue weighted by Crippen LogP contribution is -2.51. The molecule has 2 aromatic rings. The zero-order valence-corrected chi connectivity index (χ0v) is 13.8. The Kier molecular flexibility index (Phi) is 7.13. The number of carbonyl (C=O) groups excluding carboxylic acids is 2. The molecule has 0 aliphatic carbocycles. The van der Waals surface area contributed by atoms with Crippen molar-refractivity contribution in [1.82, 2.24) is 5.32 Å². The zero-order chi connectivity index (χ0) is 18.1. The quantitative estimate of drug-likeness (QED) is 0.615. The molecule has 132 valence electrons. The van der Waals surface area contributed by atoms with Crippen LogP contribution in [0.1, 0.15) is 11.1 Å². The van der Waals surface area contributed by atoms with Crippen molar-refractivity contribution in [1.29, 1.82) is 0 Å². The summed E-state index contributed by atoms with van der Waals surface area (Å²) in [6.45, 7) is -0.379. The molecular weight excluding hydrogens is 320 g/mol. The highest BCUT2D eigenvalue weighted by Crippen LogP contribution is 2.07. The lowest BCUT2D eigenvalue weighted by Gasteiger charge is -2.19. The van der Waals surface area contributed by atoms with Crippen molar-refractivity contribution >= 4 is 11.9 Å². The van der Waals surface area contributed by atoms with Crippen molar-refractivity contribution in [2.75, 3.05) is 6.61 Å². The second-order valence-electron chi connectivity index (χ2n) is 5.63. The van der Waals surface area contributed by atoms with Gasteiger partial charge in [-0.25, -0.2) is 4.79 Å². The fourth-order valence-electron chi connectivity index (χ4n) is 2.23. The normalized spacial score (nSPS) is 12.9. The molecule has 6 nitrogen and oxygen atoms in total. The summed E-state index contributed by atoms with van der Waals surface area (Å²) >= 11 is 0.